The summed E-state index contributed by atoms with van der Waals surface area (Å²) >= 11 is 0. The van der Waals surface area contributed by atoms with Crippen molar-refractivity contribution >= 4 is 18.0 Å². The number of alkyl carbamates (subject to hydrolysis) is 1. The van der Waals surface area contributed by atoms with Crippen molar-refractivity contribution in [3.63, 3.8) is 0 Å². The fourth-order valence-electron chi connectivity index (χ4n) is 4.49. The lowest BCUT2D eigenvalue weighted by Crippen LogP contribution is -2.39. The standard InChI is InChI=1S/C25H28N2O6/c1-15(10-23(28)26-12-17-11-16(13-32-17)24(29)30)27-25(31)33-14-22-20-8-4-2-6-18(20)19-7-3-5-9-21(19)22/h2-9,15-17,22H,10-14H2,1H3,(H,26,28)(H,27,31)(H,29,30)/t15-,16-,17-/m1/s1. The first-order chi connectivity index (χ1) is 15.9. The van der Waals surface area contributed by atoms with Gasteiger partial charge in [0.15, 0.2) is 0 Å². The molecule has 174 valence electrons. The molecular weight excluding hydrogens is 424 g/mol. The Morgan fingerprint density at radius 3 is 2.33 bits per heavy atom. The Morgan fingerprint density at radius 2 is 1.73 bits per heavy atom. The van der Waals surface area contributed by atoms with Crippen LogP contribution in [0.15, 0.2) is 48.5 Å². The molecule has 2 aromatic carbocycles. The van der Waals surface area contributed by atoms with Crippen molar-refractivity contribution < 1.29 is 29.0 Å². The van der Waals surface area contributed by atoms with E-state index in [1.165, 1.54) is 0 Å². The third kappa shape index (κ3) is 5.34. The maximum atomic E-state index is 12.3. The quantitative estimate of drug-likeness (QED) is 0.568. The van der Waals surface area contributed by atoms with E-state index in [9.17, 15) is 14.4 Å². The summed E-state index contributed by atoms with van der Waals surface area (Å²) in [6.45, 7) is 2.35. The number of rotatable bonds is 8. The van der Waals surface area contributed by atoms with Crippen LogP contribution in [0.2, 0.25) is 0 Å². The van der Waals surface area contributed by atoms with Crippen LogP contribution in [0.4, 0.5) is 4.79 Å². The summed E-state index contributed by atoms with van der Waals surface area (Å²) < 4.78 is 10.9. The molecule has 1 saturated heterocycles. The van der Waals surface area contributed by atoms with E-state index < -0.39 is 24.0 Å². The molecule has 2 aliphatic rings. The summed E-state index contributed by atoms with van der Waals surface area (Å²) in [6, 6.07) is 15.8. The van der Waals surface area contributed by atoms with E-state index in [4.69, 9.17) is 14.6 Å². The molecule has 0 saturated carbocycles. The highest BCUT2D eigenvalue weighted by Gasteiger charge is 2.31. The number of carboxylic acids is 1. The van der Waals surface area contributed by atoms with E-state index in [1.807, 2.05) is 24.3 Å². The first-order valence-corrected chi connectivity index (χ1v) is 11.1. The molecule has 3 N–H and O–H groups in total. The molecule has 8 heteroatoms. The molecule has 33 heavy (non-hydrogen) atoms. The second kappa shape index (κ2) is 10.0. The summed E-state index contributed by atoms with van der Waals surface area (Å²) in [4.78, 5) is 35.5. The van der Waals surface area contributed by atoms with Crippen LogP contribution in [0.25, 0.3) is 11.1 Å². The molecular formula is C25H28N2O6. The van der Waals surface area contributed by atoms with E-state index in [0.29, 0.717) is 6.42 Å². The second-order valence-electron chi connectivity index (χ2n) is 8.61. The molecule has 4 rings (SSSR count). The van der Waals surface area contributed by atoms with Crippen molar-refractivity contribution in [1.82, 2.24) is 10.6 Å². The largest absolute Gasteiger partial charge is 0.481 e. The van der Waals surface area contributed by atoms with Crippen molar-refractivity contribution in [1.29, 1.82) is 0 Å². The maximum absolute atomic E-state index is 12.3. The SMILES string of the molecule is C[C@H](CC(=O)NC[C@H]1C[C@@H](C(=O)O)CO1)NC(=O)OCC1c2ccccc2-c2ccccc21. The lowest BCUT2D eigenvalue weighted by molar-refractivity contribution is -0.141. The number of ether oxygens (including phenoxy) is 2. The number of hydrogen-bond donors (Lipinski definition) is 3. The Balaban J connectivity index is 1.22. The van der Waals surface area contributed by atoms with Gasteiger partial charge in [0.1, 0.15) is 6.61 Å². The Kier molecular flexibility index (Phi) is 6.93. The monoisotopic (exact) mass is 452 g/mol. The molecule has 0 bridgehead atoms. The number of nitrogens with one attached hydrogen (secondary N) is 2. The molecule has 0 aromatic heterocycles. The predicted molar refractivity (Wildman–Crippen MR) is 121 cm³/mol. The number of fused-ring (bicyclic) bond motifs is 3. The van der Waals surface area contributed by atoms with Crippen molar-refractivity contribution in [2.24, 2.45) is 5.92 Å². The first kappa shape index (κ1) is 22.8. The Morgan fingerprint density at radius 1 is 1.09 bits per heavy atom. The number of carbonyl (C=O) groups is 3. The topological polar surface area (TPSA) is 114 Å². The van der Waals surface area contributed by atoms with Gasteiger partial charge in [-0.25, -0.2) is 4.79 Å². The summed E-state index contributed by atoms with van der Waals surface area (Å²) in [6.07, 6.45) is -0.413. The molecule has 1 aliphatic carbocycles. The van der Waals surface area contributed by atoms with Crippen LogP contribution in [-0.2, 0) is 19.1 Å². The first-order valence-electron chi connectivity index (χ1n) is 11.1. The van der Waals surface area contributed by atoms with Crippen LogP contribution in [0.5, 0.6) is 0 Å². The van der Waals surface area contributed by atoms with E-state index in [1.54, 1.807) is 6.92 Å². The van der Waals surface area contributed by atoms with E-state index in [-0.39, 0.29) is 44.1 Å². The smallest absolute Gasteiger partial charge is 0.407 e. The molecule has 1 fully saturated rings. The van der Waals surface area contributed by atoms with Crippen LogP contribution in [0.1, 0.15) is 36.8 Å². The zero-order chi connectivity index (χ0) is 23.4. The summed E-state index contributed by atoms with van der Waals surface area (Å²) in [5, 5.41) is 14.4. The zero-order valence-electron chi connectivity index (χ0n) is 18.5. The number of aliphatic carboxylic acids is 1. The molecule has 2 amide bonds. The van der Waals surface area contributed by atoms with Gasteiger partial charge in [-0.05, 0) is 35.6 Å². The lowest BCUT2D eigenvalue weighted by atomic mass is 9.98. The van der Waals surface area contributed by atoms with Crippen LogP contribution >= 0.6 is 0 Å². The van der Waals surface area contributed by atoms with Gasteiger partial charge in [-0.1, -0.05) is 48.5 Å². The highest BCUT2D eigenvalue weighted by Crippen LogP contribution is 2.44. The Hall–Kier alpha value is -3.39. The van der Waals surface area contributed by atoms with Crippen molar-refractivity contribution in [2.75, 3.05) is 19.8 Å². The van der Waals surface area contributed by atoms with E-state index in [2.05, 4.69) is 34.9 Å². The lowest BCUT2D eigenvalue weighted by Gasteiger charge is -2.17. The minimum absolute atomic E-state index is 0.0252. The fraction of sp³-hybridized carbons (Fsp3) is 0.400. The molecule has 3 atom stereocenters. The predicted octanol–water partition coefficient (Wildman–Crippen LogP) is 2.91. The van der Waals surface area contributed by atoms with Crippen molar-refractivity contribution in [3.8, 4) is 11.1 Å². The number of benzene rings is 2. The highest BCUT2D eigenvalue weighted by molar-refractivity contribution is 5.79. The van der Waals surface area contributed by atoms with E-state index >= 15 is 0 Å². The minimum Gasteiger partial charge on any atom is -0.481 e. The third-order valence-electron chi connectivity index (χ3n) is 6.16. The fourth-order valence-corrected chi connectivity index (χ4v) is 4.49. The summed E-state index contributed by atoms with van der Waals surface area (Å²) in [5.41, 5.74) is 4.59. The maximum Gasteiger partial charge on any atom is 0.407 e. The summed E-state index contributed by atoms with van der Waals surface area (Å²) in [5.74, 6) is -1.68. The van der Waals surface area contributed by atoms with Gasteiger partial charge in [-0.2, -0.15) is 0 Å². The average Bonchev–Trinajstić information content (AvgIpc) is 3.39. The molecule has 8 nitrogen and oxygen atoms in total. The zero-order valence-corrected chi connectivity index (χ0v) is 18.5. The van der Waals surface area contributed by atoms with Crippen LogP contribution in [0.3, 0.4) is 0 Å². The van der Waals surface area contributed by atoms with Gasteiger partial charge in [-0.3, -0.25) is 9.59 Å². The van der Waals surface area contributed by atoms with E-state index in [0.717, 1.165) is 22.3 Å². The van der Waals surface area contributed by atoms with Gasteiger partial charge in [-0.15, -0.1) is 0 Å². The van der Waals surface area contributed by atoms with Crippen molar-refractivity contribution in [3.05, 3.63) is 59.7 Å². The molecule has 1 heterocycles. The van der Waals surface area contributed by atoms with Crippen LogP contribution in [-0.4, -0.2) is 55.0 Å². The Labute approximate surface area is 192 Å². The van der Waals surface area contributed by atoms with Gasteiger partial charge in [0.25, 0.3) is 0 Å². The van der Waals surface area contributed by atoms with Gasteiger partial charge in [0, 0.05) is 24.9 Å². The third-order valence-corrected chi connectivity index (χ3v) is 6.16. The van der Waals surface area contributed by atoms with Gasteiger partial charge >= 0.3 is 12.1 Å². The Bertz CT molecular complexity index is 994. The normalized spacial score (nSPS) is 19.9. The molecule has 0 radical (unpaired) electrons. The van der Waals surface area contributed by atoms with Gasteiger partial charge < -0.3 is 25.2 Å². The van der Waals surface area contributed by atoms with Crippen LogP contribution in [0, 0.1) is 5.92 Å². The number of amides is 2. The average molecular weight is 453 g/mol. The number of carbonyl (C=O) groups excluding carboxylic acids is 2. The molecule has 0 unspecified atom stereocenters. The molecule has 1 aliphatic heterocycles. The molecule has 0 spiro atoms. The van der Waals surface area contributed by atoms with Gasteiger partial charge in [0.2, 0.25) is 5.91 Å². The highest BCUT2D eigenvalue weighted by atomic mass is 16.5. The van der Waals surface area contributed by atoms with Gasteiger partial charge in [0.05, 0.1) is 18.6 Å². The number of hydrogen-bond acceptors (Lipinski definition) is 5. The number of carboxylic acid groups (broad SMARTS) is 1. The summed E-state index contributed by atoms with van der Waals surface area (Å²) in [7, 11) is 0. The second-order valence-corrected chi connectivity index (χ2v) is 8.61. The minimum atomic E-state index is -0.884. The van der Waals surface area contributed by atoms with Crippen LogP contribution < -0.4 is 10.6 Å². The molecule has 2 aromatic rings. The van der Waals surface area contributed by atoms with Crippen molar-refractivity contribution in [2.45, 2.75) is 37.8 Å².